The van der Waals surface area contributed by atoms with Crippen molar-refractivity contribution in [2.24, 2.45) is 18.9 Å². The Bertz CT molecular complexity index is 608. The van der Waals surface area contributed by atoms with Crippen LogP contribution in [0.4, 0.5) is 0 Å². The number of rotatable bonds is 4. The summed E-state index contributed by atoms with van der Waals surface area (Å²) in [5.74, 6) is 1.70. The number of fused-ring (bicyclic) bond motifs is 1. The summed E-state index contributed by atoms with van der Waals surface area (Å²) in [5, 5.41) is 7.61. The van der Waals surface area contributed by atoms with Gasteiger partial charge < -0.3 is 0 Å². The molecule has 5 nitrogen and oxygen atoms in total. The first kappa shape index (κ1) is 14.4. The van der Waals surface area contributed by atoms with Crippen LogP contribution in [0.1, 0.15) is 17.0 Å². The molecule has 0 aliphatic carbocycles. The number of piperidine rings is 1. The topological polar surface area (TPSA) is 37.2 Å². The summed E-state index contributed by atoms with van der Waals surface area (Å²) in [6.45, 7) is 7.02. The van der Waals surface area contributed by atoms with Gasteiger partial charge in [0.05, 0.1) is 12.7 Å². The van der Waals surface area contributed by atoms with Crippen molar-refractivity contribution in [3.8, 4) is 0 Å². The summed E-state index contributed by atoms with van der Waals surface area (Å²) >= 11 is 1.78. The van der Waals surface area contributed by atoms with Crippen LogP contribution in [-0.2, 0) is 20.1 Å². The van der Waals surface area contributed by atoms with Gasteiger partial charge in [-0.1, -0.05) is 0 Å². The van der Waals surface area contributed by atoms with Crippen LogP contribution >= 0.6 is 11.3 Å². The third kappa shape index (κ3) is 3.09. The Morgan fingerprint density at radius 1 is 1.18 bits per heavy atom. The highest BCUT2D eigenvalue weighted by Gasteiger charge is 2.37. The molecule has 118 valence electrons. The van der Waals surface area contributed by atoms with Crippen molar-refractivity contribution >= 4 is 11.3 Å². The maximum absolute atomic E-state index is 4.43. The molecule has 2 saturated heterocycles. The summed E-state index contributed by atoms with van der Waals surface area (Å²) in [6.07, 6.45) is 7.38. The van der Waals surface area contributed by atoms with E-state index in [4.69, 9.17) is 0 Å². The van der Waals surface area contributed by atoms with E-state index in [0.29, 0.717) is 0 Å². The highest BCUT2D eigenvalue weighted by atomic mass is 32.1. The second-order valence-electron chi connectivity index (χ2n) is 6.69. The third-order valence-corrected chi connectivity index (χ3v) is 5.73. The predicted octanol–water partition coefficient (Wildman–Crippen LogP) is 1.83. The molecule has 0 aromatic carbocycles. The highest BCUT2D eigenvalue weighted by molar-refractivity contribution is 7.09. The van der Waals surface area contributed by atoms with E-state index in [9.17, 15) is 0 Å². The zero-order valence-electron chi connectivity index (χ0n) is 13.1. The number of aromatic nitrogens is 3. The first-order valence-electron chi connectivity index (χ1n) is 8.07. The normalized spacial score (nSPS) is 26.4. The van der Waals surface area contributed by atoms with Crippen LogP contribution in [0.3, 0.4) is 0 Å². The number of thiazole rings is 1. The van der Waals surface area contributed by atoms with Crippen molar-refractivity contribution < 1.29 is 0 Å². The number of hydrogen-bond acceptors (Lipinski definition) is 5. The minimum atomic E-state index is 0.824. The summed E-state index contributed by atoms with van der Waals surface area (Å²) in [6, 6.07) is 0. The summed E-state index contributed by atoms with van der Waals surface area (Å²) in [7, 11) is 1.99. The average Bonchev–Trinajstić information content (AvgIpc) is 3.20. The molecule has 2 fully saturated rings. The molecular weight excluding hydrogens is 294 g/mol. The molecule has 0 spiro atoms. The Balaban J connectivity index is 1.33. The van der Waals surface area contributed by atoms with Gasteiger partial charge in [-0.2, -0.15) is 5.10 Å². The Hall–Kier alpha value is -1.24. The molecule has 0 unspecified atom stereocenters. The van der Waals surface area contributed by atoms with Crippen molar-refractivity contribution in [3.05, 3.63) is 34.5 Å². The maximum atomic E-state index is 4.43. The Morgan fingerprint density at radius 2 is 2.05 bits per heavy atom. The van der Waals surface area contributed by atoms with E-state index in [0.717, 1.165) is 24.9 Å². The lowest BCUT2D eigenvalue weighted by atomic mass is 9.88. The Morgan fingerprint density at radius 3 is 2.82 bits per heavy atom. The quantitative estimate of drug-likeness (QED) is 0.862. The molecule has 2 aromatic rings. The maximum Gasteiger partial charge on any atom is 0.107 e. The van der Waals surface area contributed by atoms with Crippen LogP contribution in [0.5, 0.6) is 0 Å². The molecule has 2 aliphatic rings. The Labute approximate surface area is 135 Å². The van der Waals surface area contributed by atoms with Gasteiger partial charge in [-0.3, -0.25) is 14.5 Å². The zero-order valence-corrected chi connectivity index (χ0v) is 13.9. The van der Waals surface area contributed by atoms with E-state index in [2.05, 4.69) is 31.5 Å². The first-order chi connectivity index (χ1) is 10.8. The van der Waals surface area contributed by atoms with E-state index in [1.807, 2.05) is 24.1 Å². The molecule has 0 N–H and O–H groups in total. The lowest BCUT2D eigenvalue weighted by Gasteiger charge is -2.34. The number of nitrogens with zero attached hydrogens (tertiary/aromatic N) is 5. The fourth-order valence-electron chi connectivity index (χ4n) is 3.95. The van der Waals surface area contributed by atoms with Gasteiger partial charge in [0.1, 0.15) is 5.01 Å². The standard InChI is InChI=1S/C16H23N5S/c1-19-7-13(6-18-19)8-20-4-2-14-9-21(11-15(14)10-20)12-16-17-3-5-22-16/h3,5-7,14-15H,2,4,8-12H2,1H3/t14-,15+/m0/s1. The molecule has 0 amide bonds. The lowest BCUT2D eigenvalue weighted by Crippen LogP contribution is -2.39. The number of aryl methyl sites for hydroxylation is 1. The number of hydrogen-bond donors (Lipinski definition) is 0. The summed E-state index contributed by atoms with van der Waals surface area (Å²) in [5.41, 5.74) is 1.33. The van der Waals surface area contributed by atoms with Gasteiger partial charge in [-0.25, -0.2) is 4.98 Å². The smallest absolute Gasteiger partial charge is 0.107 e. The lowest BCUT2D eigenvalue weighted by molar-refractivity contribution is 0.142. The van der Waals surface area contributed by atoms with Crippen molar-refractivity contribution in [1.82, 2.24) is 24.6 Å². The molecule has 0 radical (unpaired) electrons. The van der Waals surface area contributed by atoms with Crippen molar-refractivity contribution in [1.29, 1.82) is 0 Å². The van der Waals surface area contributed by atoms with Crippen molar-refractivity contribution in [2.75, 3.05) is 26.2 Å². The molecule has 6 heteroatoms. The fourth-order valence-corrected chi connectivity index (χ4v) is 4.61. The molecule has 0 saturated carbocycles. The predicted molar refractivity (Wildman–Crippen MR) is 87.5 cm³/mol. The van der Waals surface area contributed by atoms with Crippen LogP contribution in [0.2, 0.25) is 0 Å². The molecule has 4 heterocycles. The molecule has 2 atom stereocenters. The van der Waals surface area contributed by atoms with Crippen LogP contribution < -0.4 is 0 Å². The second-order valence-corrected chi connectivity index (χ2v) is 7.67. The SMILES string of the molecule is Cn1cc(CN2CC[C@H]3CN(Cc4nccs4)C[C@H]3C2)cn1. The molecule has 4 rings (SSSR count). The van der Waals surface area contributed by atoms with E-state index >= 15 is 0 Å². The van der Waals surface area contributed by atoms with Crippen LogP contribution in [0, 0.1) is 11.8 Å². The second kappa shape index (κ2) is 6.10. The summed E-state index contributed by atoms with van der Waals surface area (Å²) < 4.78 is 1.90. The van der Waals surface area contributed by atoms with Gasteiger partial charge in [-0.15, -0.1) is 11.3 Å². The molecule has 0 bridgehead atoms. The van der Waals surface area contributed by atoms with Crippen LogP contribution in [0.15, 0.2) is 24.0 Å². The molecule has 22 heavy (non-hydrogen) atoms. The summed E-state index contributed by atoms with van der Waals surface area (Å²) in [4.78, 5) is 9.63. The minimum Gasteiger partial charge on any atom is -0.299 e. The zero-order chi connectivity index (χ0) is 14.9. The minimum absolute atomic E-state index is 0.824. The van der Waals surface area contributed by atoms with E-state index in [1.54, 1.807) is 11.3 Å². The van der Waals surface area contributed by atoms with Gasteiger partial charge in [-0.05, 0) is 24.8 Å². The fraction of sp³-hybridized carbons (Fsp3) is 0.625. The van der Waals surface area contributed by atoms with Crippen molar-refractivity contribution in [3.63, 3.8) is 0 Å². The monoisotopic (exact) mass is 317 g/mol. The first-order valence-corrected chi connectivity index (χ1v) is 8.95. The van der Waals surface area contributed by atoms with Gasteiger partial charge in [0, 0.05) is 56.6 Å². The number of likely N-dealkylation sites (tertiary alicyclic amines) is 2. The van der Waals surface area contributed by atoms with Crippen LogP contribution in [-0.4, -0.2) is 50.7 Å². The molecular formula is C16H23N5S. The molecule has 2 aliphatic heterocycles. The Kier molecular flexibility index (Phi) is 3.98. The molecule has 2 aromatic heterocycles. The van der Waals surface area contributed by atoms with Gasteiger partial charge >= 0.3 is 0 Å². The third-order valence-electron chi connectivity index (χ3n) is 4.97. The van der Waals surface area contributed by atoms with Crippen molar-refractivity contribution in [2.45, 2.75) is 19.5 Å². The van der Waals surface area contributed by atoms with Gasteiger partial charge in [0.15, 0.2) is 0 Å². The average molecular weight is 317 g/mol. The van der Waals surface area contributed by atoms with Crippen LogP contribution in [0.25, 0.3) is 0 Å². The highest BCUT2D eigenvalue weighted by Crippen LogP contribution is 2.32. The van der Waals surface area contributed by atoms with Gasteiger partial charge in [0.2, 0.25) is 0 Å². The van der Waals surface area contributed by atoms with E-state index in [1.165, 1.54) is 43.2 Å². The largest absolute Gasteiger partial charge is 0.299 e. The van der Waals surface area contributed by atoms with E-state index in [-0.39, 0.29) is 0 Å². The van der Waals surface area contributed by atoms with E-state index < -0.39 is 0 Å². The van der Waals surface area contributed by atoms with Gasteiger partial charge in [0.25, 0.3) is 0 Å².